The van der Waals surface area contributed by atoms with Gasteiger partial charge in [0, 0.05) is 18.0 Å². The Balaban J connectivity index is 1.50. The Bertz CT molecular complexity index is 917. The Morgan fingerprint density at radius 3 is 2.81 bits per heavy atom. The fraction of sp³-hybridized carbons (Fsp3) is 0.176. The van der Waals surface area contributed by atoms with Crippen molar-refractivity contribution in [1.29, 1.82) is 0 Å². The normalized spacial score (nSPS) is 15.4. The number of halogens is 2. The molecule has 140 valence electrons. The van der Waals surface area contributed by atoms with Gasteiger partial charge >= 0.3 is 0 Å². The van der Waals surface area contributed by atoms with E-state index >= 15 is 0 Å². The van der Waals surface area contributed by atoms with Gasteiger partial charge in [0.05, 0.1) is 37.8 Å². The Labute approximate surface area is 153 Å². The second kappa shape index (κ2) is 7.08. The molecule has 3 heterocycles. The minimum Gasteiger partial charge on any atom is -0.394 e. The highest BCUT2D eigenvalue weighted by Crippen LogP contribution is 2.27. The number of fused-ring (bicyclic) bond motifs is 1. The summed E-state index contributed by atoms with van der Waals surface area (Å²) in [6, 6.07) is 3.80. The first kappa shape index (κ1) is 17.0. The number of aromatic nitrogens is 2. The molecular formula is C17H17F2N7O. The van der Waals surface area contributed by atoms with Gasteiger partial charge in [0.25, 0.3) is 0 Å². The molecule has 0 aliphatic carbocycles. The van der Waals surface area contributed by atoms with Gasteiger partial charge < -0.3 is 10.5 Å². The minimum absolute atomic E-state index is 0.00212. The summed E-state index contributed by atoms with van der Waals surface area (Å²) in [6.45, 7) is 0.398. The van der Waals surface area contributed by atoms with Crippen molar-refractivity contribution >= 4 is 12.0 Å². The lowest BCUT2D eigenvalue weighted by Crippen LogP contribution is -2.33. The highest BCUT2D eigenvalue weighted by molar-refractivity contribution is 5.66. The van der Waals surface area contributed by atoms with E-state index in [9.17, 15) is 8.78 Å². The van der Waals surface area contributed by atoms with E-state index in [0.717, 1.165) is 0 Å². The fourth-order valence-corrected chi connectivity index (χ4v) is 2.78. The first-order valence-corrected chi connectivity index (χ1v) is 8.25. The highest BCUT2D eigenvalue weighted by atomic mass is 19.1. The monoisotopic (exact) mass is 373 g/mol. The van der Waals surface area contributed by atoms with Gasteiger partial charge in [-0.2, -0.15) is 5.10 Å². The summed E-state index contributed by atoms with van der Waals surface area (Å²) < 4.78 is 29.5. The number of nitrogens with zero attached hydrogens (tertiary/aromatic N) is 5. The molecule has 0 fully saturated rings. The van der Waals surface area contributed by atoms with Crippen molar-refractivity contribution in [3.63, 3.8) is 0 Å². The standard InChI is InChI=1S/C17H17F2N7O/c18-14-2-1-3-15(19)13(14)9-26-17-10-25(11-20-16(17)7-22-26)23-12-6-21-24(8-12)4-5-27/h1-3,6-8,10-11,22-23,27H,4-5,9H2. The number of hydrogen-bond donors (Lipinski definition) is 3. The van der Waals surface area contributed by atoms with Crippen LogP contribution in [-0.2, 0) is 13.1 Å². The first-order chi connectivity index (χ1) is 13.1. The molecule has 4 rings (SSSR count). The number of hydrazine groups is 2. The van der Waals surface area contributed by atoms with Crippen LogP contribution in [0.15, 0.2) is 59.4 Å². The number of aliphatic hydroxyl groups is 1. The zero-order chi connectivity index (χ0) is 18.8. The molecule has 1 aromatic heterocycles. The van der Waals surface area contributed by atoms with E-state index in [2.05, 4.69) is 20.9 Å². The van der Waals surface area contributed by atoms with Crippen LogP contribution in [0.4, 0.5) is 14.5 Å². The van der Waals surface area contributed by atoms with Crippen LogP contribution in [0.2, 0.25) is 0 Å². The molecule has 0 spiro atoms. The molecule has 2 aliphatic heterocycles. The van der Waals surface area contributed by atoms with E-state index < -0.39 is 11.6 Å². The molecule has 0 saturated carbocycles. The van der Waals surface area contributed by atoms with Crippen molar-refractivity contribution in [3.05, 3.63) is 71.6 Å². The number of aliphatic hydroxyl groups excluding tert-OH is 1. The van der Waals surface area contributed by atoms with Gasteiger partial charge in [-0.3, -0.25) is 15.1 Å². The largest absolute Gasteiger partial charge is 0.394 e. The van der Waals surface area contributed by atoms with Crippen LogP contribution >= 0.6 is 0 Å². The van der Waals surface area contributed by atoms with Crippen LogP contribution in [0.5, 0.6) is 0 Å². The lowest BCUT2D eigenvalue weighted by atomic mass is 10.2. The summed E-state index contributed by atoms with van der Waals surface area (Å²) in [5, 5.41) is 16.3. The topological polar surface area (TPSA) is 80.9 Å². The number of hydrogen-bond acceptors (Lipinski definition) is 7. The van der Waals surface area contributed by atoms with E-state index in [0.29, 0.717) is 23.6 Å². The van der Waals surface area contributed by atoms with Gasteiger partial charge in [-0.15, -0.1) is 0 Å². The van der Waals surface area contributed by atoms with Crippen molar-refractivity contribution in [2.45, 2.75) is 13.1 Å². The van der Waals surface area contributed by atoms with E-state index in [1.54, 1.807) is 45.8 Å². The maximum absolute atomic E-state index is 13.9. The van der Waals surface area contributed by atoms with Crippen LogP contribution in [0.25, 0.3) is 0 Å². The molecule has 2 aliphatic rings. The summed E-state index contributed by atoms with van der Waals surface area (Å²) in [5.41, 5.74) is 8.05. The van der Waals surface area contributed by atoms with Crippen molar-refractivity contribution < 1.29 is 13.9 Å². The van der Waals surface area contributed by atoms with Gasteiger partial charge in [-0.1, -0.05) is 6.07 Å². The molecule has 27 heavy (non-hydrogen) atoms. The maximum Gasteiger partial charge on any atom is 0.131 e. The minimum atomic E-state index is -0.601. The Hall–Kier alpha value is -3.40. The molecule has 0 radical (unpaired) electrons. The SMILES string of the molecule is OCCn1cc(NN2C=NC3=CNN(Cc4c(F)cccc4F)C3=C2)cn1. The molecule has 0 amide bonds. The van der Waals surface area contributed by atoms with Crippen molar-refractivity contribution in [2.24, 2.45) is 4.99 Å². The van der Waals surface area contributed by atoms with E-state index in [1.807, 2.05) is 0 Å². The molecule has 10 heteroatoms. The van der Waals surface area contributed by atoms with Crippen molar-refractivity contribution in [2.75, 3.05) is 12.0 Å². The van der Waals surface area contributed by atoms with Crippen LogP contribution in [-0.4, -0.2) is 37.9 Å². The van der Waals surface area contributed by atoms with Crippen LogP contribution in [0.1, 0.15) is 5.56 Å². The van der Waals surface area contributed by atoms with Gasteiger partial charge in [-0.05, 0) is 12.1 Å². The summed E-state index contributed by atoms with van der Waals surface area (Å²) in [5.74, 6) is -1.20. The zero-order valence-electron chi connectivity index (χ0n) is 14.2. The van der Waals surface area contributed by atoms with Gasteiger partial charge in [-0.25, -0.2) is 18.8 Å². The quantitative estimate of drug-likeness (QED) is 0.713. The molecule has 0 atom stereocenters. The number of benzene rings is 1. The Morgan fingerprint density at radius 2 is 2.04 bits per heavy atom. The van der Waals surface area contributed by atoms with Gasteiger partial charge in [0.15, 0.2) is 0 Å². The number of rotatable bonds is 6. The van der Waals surface area contributed by atoms with Gasteiger partial charge in [0.1, 0.15) is 29.4 Å². The maximum atomic E-state index is 13.9. The fourth-order valence-electron chi connectivity index (χ4n) is 2.78. The third kappa shape index (κ3) is 3.47. The molecule has 3 N–H and O–H groups in total. The molecule has 0 saturated heterocycles. The third-order valence-corrected chi connectivity index (χ3v) is 4.09. The van der Waals surface area contributed by atoms with E-state index in [1.165, 1.54) is 18.2 Å². The van der Waals surface area contributed by atoms with Crippen molar-refractivity contribution in [1.82, 2.24) is 25.2 Å². The predicted molar refractivity (Wildman–Crippen MR) is 94.5 cm³/mol. The lowest BCUT2D eigenvalue weighted by Gasteiger charge is -2.26. The number of nitrogens with one attached hydrogen (secondary N) is 2. The predicted octanol–water partition coefficient (Wildman–Crippen LogP) is 1.53. The van der Waals surface area contributed by atoms with Crippen molar-refractivity contribution in [3.8, 4) is 0 Å². The summed E-state index contributed by atoms with van der Waals surface area (Å²) in [7, 11) is 0. The van der Waals surface area contributed by atoms with Crippen LogP contribution in [0.3, 0.4) is 0 Å². The number of anilines is 1. The second-order valence-corrected chi connectivity index (χ2v) is 5.94. The molecular weight excluding hydrogens is 356 g/mol. The summed E-state index contributed by atoms with van der Waals surface area (Å²) in [4.78, 5) is 4.32. The molecule has 0 bridgehead atoms. The zero-order valence-corrected chi connectivity index (χ0v) is 14.2. The van der Waals surface area contributed by atoms with Crippen LogP contribution < -0.4 is 10.9 Å². The lowest BCUT2D eigenvalue weighted by molar-refractivity contribution is 0.269. The van der Waals surface area contributed by atoms with Gasteiger partial charge in [0.2, 0.25) is 0 Å². The smallest absolute Gasteiger partial charge is 0.131 e. The third-order valence-electron chi connectivity index (χ3n) is 4.09. The molecule has 0 unspecified atom stereocenters. The molecule has 1 aromatic carbocycles. The van der Waals surface area contributed by atoms with E-state index in [4.69, 9.17) is 5.11 Å². The van der Waals surface area contributed by atoms with E-state index in [-0.39, 0.29) is 18.7 Å². The Kier molecular flexibility index (Phi) is 4.47. The summed E-state index contributed by atoms with van der Waals surface area (Å²) in [6.07, 6.45) is 8.35. The van der Waals surface area contributed by atoms with Crippen LogP contribution in [0, 0.1) is 11.6 Å². The highest BCUT2D eigenvalue weighted by Gasteiger charge is 2.25. The number of aliphatic imine (C=N–C) groups is 1. The molecule has 8 nitrogen and oxygen atoms in total. The summed E-state index contributed by atoms with van der Waals surface area (Å²) >= 11 is 0. The second-order valence-electron chi connectivity index (χ2n) is 5.94. The Morgan fingerprint density at radius 1 is 1.22 bits per heavy atom. The average molecular weight is 373 g/mol. The molecule has 2 aromatic rings. The average Bonchev–Trinajstić information content (AvgIpc) is 3.25. The first-order valence-electron chi connectivity index (χ1n) is 8.25.